The van der Waals surface area contributed by atoms with Gasteiger partial charge in [0.2, 0.25) is 5.91 Å². The molecule has 2 aromatic heterocycles. The second-order valence-corrected chi connectivity index (χ2v) is 6.38. The quantitative estimate of drug-likeness (QED) is 0.872. The lowest BCUT2D eigenvalue weighted by Crippen LogP contribution is -2.31. The van der Waals surface area contributed by atoms with Crippen molar-refractivity contribution in [1.29, 1.82) is 0 Å². The molecule has 1 spiro atoms. The van der Waals surface area contributed by atoms with Crippen LogP contribution in [0.15, 0.2) is 47.2 Å². The molecule has 114 valence electrons. The van der Waals surface area contributed by atoms with Gasteiger partial charge >= 0.3 is 0 Å². The molecule has 1 atom stereocenters. The zero-order chi connectivity index (χ0) is 15.0. The minimum absolute atomic E-state index is 0.0706. The van der Waals surface area contributed by atoms with Gasteiger partial charge in [-0.25, -0.2) is 4.98 Å². The van der Waals surface area contributed by atoms with E-state index in [4.69, 9.17) is 4.42 Å². The summed E-state index contributed by atoms with van der Waals surface area (Å²) < 4.78 is 5.43. The zero-order valence-electron chi connectivity index (χ0n) is 12.4. The minimum atomic E-state index is 0.0706. The van der Waals surface area contributed by atoms with Crippen molar-refractivity contribution in [3.8, 4) is 0 Å². The van der Waals surface area contributed by atoms with Crippen molar-refractivity contribution in [2.45, 2.75) is 19.4 Å². The molecule has 0 unspecified atom stereocenters. The molecular weight excluding hydrogens is 278 g/mol. The summed E-state index contributed by atoms with van der Waals surface area (Å²) in [6.07, 6.45) is 5.13. The Morgan fingerprint density at radius 1 is 1.23 bits per heavy atom. The third-order valence-electron chi connectivity index (χ3n) is 4.72. The predicted molar refractivity (Wildman–Crippen MR) is 82.2 cm³/mol. The summed E-state index contributed by atoms with van der Waals surface area (Å²) in [6.45, 7) is 3.57. The summed E-state index contributed by atoms with van der Waals surface area (Å²) >= 11 is 0. The van der Waals surface area contributed by atoms with Crippen molar-refractivity contribution in [2.75, 3.05) is 24.5 Å². The van der Waals surface area contributed by atoms with Crippen molar-refractivity contribution >= 4 is 11.7 Å². The van der Waals surface area contributed by atoms with Crippen LogP contribution in [0.1, 0.15) is 18.6 Å². The SMILES string of the molecule is O=C1C[C@]2(CCN(Cc3ccco3)C2)CN1c1ccccn1. The molecule has 2 aliphatic heterocycles. The molecule has 1 amide bonds. The van der Waals surface area contributed by atoms with Crippen LogP contribution in [0.2, 0.25) is 0 Å². The van der Waals surface area contributed by atoms with Crippen molar-refractivity contribution in [1.82, 2.24) is 9.88 Å². The zero-order valence-corrected chi connectivity index (χ0v) is 12.4. The van der Waals surface area contributed by atoms with Gasteiger partial charge in [-0.3, -0.25) is 14.6 Å². The highest BCUT2D eigenvalue weighted by atomic mass is 16.3. The van der Waals surface area contributed by atoms with Crippen molar-refractivity contribution < 1.29 is 9.21 Å². The first-order chi connectivity index (χ1) is 10.7. The number of nitrogens with zero attached hydrogens (tertiary/aromatic N) is 3. The topological polar surface area (TPSA) is 49.6 Å². The Bertz CT molecular complexity index is 656. The van der Waals surface area contributed by atoms with Crippen LogP contribution in [-0.2, 0) is 11.3 Å². The third-order valence-corrected chi connectivity index (χ3v) is 4.72. The lowest BCUT2D eigenvalue weighted by Gasteiger charge is -2.23. The van der Waals surface area contributed by atoms with Crippen LogP contribution in [0.3, 0.4) is 0 Å². The first kappa shape index (κ1) is 13.5. The highest BCUT2D eigenvalue weighted by Gasteiger charge is 2.48. The van der Waals surface area contributed by atoms with Gasteiger partial charge in [0, 0.05) is 31.1 Å². The first-order valence-electron chi connectivity index (χ1n) is 7.70. The predicted octanol–water partition coefficient (Wildman–Crippen LogP) is 2.30. The minimum Gasteiger partial charge on any atom is -0.468 e. The van der Waals surface area contributed by atoms with Crippen LogP contribution < -0.4 is 4.90 Å². The number of hydrogen-bond acceptors (Lipinski definition) is 4. The maximum Gasteiger partial charge on any atom is 0.228 e. The number of hydrogen-bond donors (Lipinski definition) is 0. The van der Waals surface area contributed by atoms with Gasteiger partial charge < -0.3 is 4.42 Å². The Kier molecular flexibility index (Phi) is 3.22. The summed E-state index contributed by atoms with van der Waals surface area (Å²) in [5.41, 5.74) is 0.0706. The van der Waals surface area contributed by atoms with E-state index in [2.05, 4.69) is 9.88 Å². The monoisotopic (exact) mass is 297 g/mol. The Morgan fingerprint density at radius 2 is 2.18 bits per heavy atom. The molecule has 22 heavy (non-hydrogen) atoms. The van der Waals surface area contributed by atoms with Gasteiger partial charge in [-0.1, -0.05) is 6.07 Å². The molecule has 4 heterocycles. The molecule has 5 nitrogen and oxygen atoms in total. The van der Waals surface area contributed by atoms with Gasteiger partial charge in [0.15, 0.2) is 0 Å². The fraction of sp³-hybridized carbons (Fsp3) is 0.412. The maximum atomic E-state index is 12.4. The Hall–Kier alpha value is -2.14. The second kappa shape index (κ2) is 5.25. The van der Waals surface area contributed by atoms with Crippen LogP contribution in [-0.4, -0.2) is 35.4 Å². The molecule has 0 aromatic carbocycles. The van der Waals surface area contributed by atoms with Crippen molar-refractivity contribution in [3.05, 3.63) is 48.6 Å². The number of rotatable bonds is 3. The molecule has 2 aromatic rings. The lowest BCUT2D eigenvalue weighted by molar-refractivity contribution is -0.117. The summed E-state index contributed by atoms with van der Waals surface area (Å²) in [7, 11) is 0. The smallest absolute Gasteiger partial charge is 0.228 e. The molecule has 0 radical (unpaired) electrons. The summed E-state index contributed by atoms with van der Waals surface area (Å²) in [6, 6.07) is 9.64. The van der Waals surface area contributed by atoms with Crippen molar-refractivity contribution in [2.24, 2.45) is 5.41 Å². The van der Waals surface area contributed by atoms with E-state index in [1.807, 2.05) is 35.2 Å². The number of pyridine rings is 1. The molecular formula is C17H19N3O2. The van der Waals surface area contributed by atoms with E-state index < -0.39 is 0 Å². The van der Waals surface area contributed by atoms with Gasteiger partial charge in [0.1, 0.15) is 11.6 Å². The molecule has 5 heteroatoms. The van der Waals surface area contributed by atoms with E-state index in [1.165, 1.54) is 0 Å². The number of anilines is 1. The average molecular weight is 297 g/mol. The van der Waals surface area contributed by atoms with Gasteiger partial charge in [0.25, 0.3) is 0 Å². The van der Waals surface area contributed by atoms with E-state index in [-0.39, 0.29) is 11.3 Å². The molecule has 4 rings (SSSR count). The molecule has 2 aliphatic rings. The fourth-order valence-electron chi connectivity index (χ4n) is 3.68. The van der Waals surface area contributed by atoms with Crippen LogP contribution >= 0.6 is 0 Å². The molecule has 0 saturated carbocycles. The maximum absolute atomic E-state index is 12.4. The highest BCUT2D eigenvalue weighted by molar-refractivity contribution is 5.95. The fourth-order valence-corrected chi connectivity index (χ4v) is 3.68. The van der Waals surface area contributed by atoms with Crippen LogP contribution in [0.25, 0.3) is 0 Å². The van der Waals surface area contributed by atoms with Gasteiger partial charge in [-0.15, -0.1) is 0 Å². The van der Waals surface area contributed by atoms with E-state index in [9.17, 15) is 4.79 Å². The van der Waals surface area contributed by atoms with Crippen LogP contribution in [0.4, 0.5) is 5.82 Å². The van der Waals surface area contributed by atoms with E-state index in [1.54, 1.807) is 12.5 Å². The normalized spacial score (nSPS) is 25.5. The van der Waals surface area contributed by atoms with E-state index in [0.717, 1.165) is 44.2 Å². The van der Waals surface area contributed by atoms with Crippen molar-refractivity contribution in [3.63, 3.8) is 0 Å². The van der Waals surface area contributed by atoms with E-state index in [0.29, 0.717) is 6.42 Å². The van der Waals surface area contributed by atoms with Crippen LogP contribution in [0.5, 0.6) is 0 Å². The number of aromatic nitrogens is 1. The summed E-state index contributed by atoms with van der Waals surface area (Å²) in [5.74, 6) is 1.95. The number of carbonyl (C=O) groups excluding carboxylic acids is 1. The molecule has 0 aliphatic carbocycles. The lowest BCUT2D eigenvalue weighted by atomic mass is 9.86. The molecule has 2 saturated heterocycles. The number of furan rings is 1. The largest absolute Gasteiger partial charge is 0.468 e. The molecule has 0 N–H and O–H groups in total. The van der Waals surface area contributed by atoms with Crippen LogP contribution in [0, 0.1) is 5.41 Å². The number of carbonyl (C=O) groups is 1. The Balaban J connectivity index is 1.46. The summed E-state index contributed by atoms with van der Waals surface area (Å²) in [4.78, 5) is 21.0. The second-order valence-electron chi connectivity index (χ2n) is 6.38. The highest BCUT2D eigenvalue weighted by Crippen LogP contribution is 2.41. The standard InChI is InChI=1S/C17H19N3O2/c21-16-10-17(13-20(16)15-5-1-2-7-18-15)6-8-19(12-17)11-14-4-3-9-22-14/h1-5,7,9H,6,8,10-13H2/t17-/m0/s1. The number of amides is 1. The Labute approximate surface area is 129 Å². The third kappa shape index (κ3) is 2.41. The average Bonchev–Trinajstić information content (AvgIpc) is 3.23. The molecule has 2 fully saturated rings. The van der Waals surface area contributed by atoms with Gasteiger partial charge in [-0.05, 0) is 37.2 Å². The first-order valence-corrected chi connectivity index (χ1v) is 7.70. The summed E-state index contributed by atoms with van der Waals surface area (Å²) in [5, 5.41) is 0. The van der Waals surface area contributed by atoms with E-state index >= 15 is 0 Å². The molecule has 0 bridgehead atoms. The van der Waals surface area contributed by atoms with Gasteiger partial charge in [-0.2, -0.15) is 0 Å². The van der Waals surface area contributed by atoms with Gasteiger partial charge in [0.05, 0.1) is 12.8 Å². The Morgan fingerprint density at radius 3 is 2.95 bits per heavy atom. The number of likely N-dealkylation sites (tertiary alicyclic amines) is 1.